The van der Waals surface area contributed by atoms with Crippen LogP contribution in [0.4, 0.5) is 5.82 Å². The number of ether oxygens (including phenoxy) is 1. The number of carbonyl (C=O) groups excluding carboxylic acids is 1. The van der Waals surface area contributed by atoms with Crippen molar-refractivity contribution in [1.82, 2.24) is 5.16 Å². The Morgan fingerprint density at radius 1 is 1.10 bits per heavy atom. The Kier molecular flexibility index (Phi) is 5.10. The minimum Gasteiger partial charge on any atom is -0.481 e. The summed E-state index contributed by atoms with van der Waals surface area (Å²) in [6, 6.07) is 15.9. The van der Waals surface area contributed by atoms with E-state index in [0.717, 1.165) is 5.56 Å². The van der Waals surface area contributed by atoms with E-state index in [2.05, 4.69) is 10.5 Å². The van der Waals surface area contributed by atoms with Crippen LogP contribution in [0, 0.1) is 13.8 Å². The Balaban J connectivity index is 1.59. The molecular formula is C23H20N2O5. The van der Waals surface area contributed by atoms with E-state index in [1.54, 1.807) is 45.0 Å². The van der Waals surface area contributed by atoms with Crippen LogP contribution in [0.3, 0.4) is 0 Å². The van der Waals surface area contributed by atoms with Gasteiger partial charge in [-0.05, 0) is 38.5 Å². The van der Waals surface area contributed by atoms with Gasteiger partial charge in [0, 0.05) is 12.1 Å². The molecule has 0 fully saturated rings. The summed E-state index contributed by atoms with van der Waals surface area (Å²) in [4.78, 5) is 25.3. The molecule has 1 atom stereocenters. The second-order valence-electron chi connectivity index (χ2n) is 6.96. The molecule has 0 bridgehead atoms. The largest absolute Gasteiger partial charge is 0.481 e. The normalized spacial score (nSPS) is 12.0. The summed E-state index contributed by atoms with van der Waals surface area (Å²) in [6.07, 6.45) is -0.795. The number of hydrogen-bond donors (Lipinski definition) is 1. The fourth-order valence-electron chi connectivity index (χ4n) is 3.21. The van der Waals surface area contributed by atoms with Gasteiger partial charge in [-0.15, -0.1) is 0 Å². The molecule has 4 rings (SSSR count). The van der Waals surface area contributed by atoms with Crippen LogP contribution < -0.4 is 15.5 Å². The van der Waals surface area contributed by atoms with Crippen LogP contribution in [0.15, 0.2) is 68.3 Å². The SMILES string of the molecule is Cc1cc(NC(=O)[C@@H](C)Oc2ccc3c(=O)c(-c4ccccc4)c(C)oc3c2)no1. The van der Waals surface area contributed by atoms with Crippen molar-refractivity contribution in [3.63, 3.8) is 0 Å². The molecule has 1 N–H and O–H groups in total. The first kappa shape index (κ1) is 19.4. The van der Waals surface area contributed by atoms with Crippen LogP contribution in [0.5, 0.6) is 5.75 Å². The molecule has 0 saturated heterocycles. The molecule has 30 heavy (non-hydrogen) atoms. The molecule has 0 aliphatic carbocycles. The van der Waals surface area contributed by atoms with E-state index < -0.39 is 6.10 Å². The number of hydrogen-bond acceptors (Lipinski definition) is 6. The lowest BCUT2D eigenvalue weighted by Crippen LogP contribution is -2.30. The average Bonchev–Trinajstić information content (AvgIpc) is 3.13. The van der Waals surface area contributed by atoms with Gasteiger partial charge in [-0.1, -0.05) is 35.5 Å². The van der Waals surface area contributed by atoms with Crippen LogP contribution in [0.25, 0.3) is 22.1 Å². The van der Waals surface area contributed by atoms with Gasteiger partial charge in [0.25, 0.3) is 5.91 Å². The summed E-state index contributed by atoms with van der Waals surface area (Å²) >= 11 is 0. The summed E-state index contributed by atoms with van der Waals surface area (Å²) < 4.78 is 16.6. The molecule has 2 aromatic heterocycles. The summed E-state index contributed by atoms with van der Waals surface area (Å²) in [5, 5.41) is 6.79. The molecule has 0 spiro atoms. The van der Waals surface area contributed by atoms with E-state index in [1.165, 1.54) is 0 Å². The lowest BCUT2D eigenvalue weighted by Gasteiger charge is -2.14. The fraction of sp³-hybridized carbons (Fsp3) is 0.174. The van der Waals surface area contributed by atoms with E-state index in [4.69, 9.17) is 13.7 Å². The Bertz CT molecular complexity index is 1270. The summed E-state index contributed by atoms with van der Waals surface area (Å²) in [6.45, 7) is 5.11. The lowest BCUT2D eigenvalue weighted by molar-refractivity contribution is -0.122. The van der Waals surface area contributed by atoms with E-state index >= 15 is 0 Å². The van der Waals surface area contributed by atoms with Crippen LogP contribution in [-0.2, 0) is 4.79 Å². The first-order valence-electron chi connectivity index (χ1n) is 9.46. The van der Waals surface area contributed by atoms with Crippen molar-refractivity contribution >= 4 is 22.7 Å². The number of aromatic nitrogens is 1. The maximum Gasteiger partial charge on any atom is 0.266 e. The summed E-state index contributed by atoms with van der Waals surface area (Å²) in [7, 11) is 0. The van der Waals surface area contributed by atoms with Gasteiger partial charge in [-0.3, -0.25) is 9.59 Å². The minimum atomic E-state index is -0.795. The molecule has 7 heteroatoms. The van der Waals surface area contributed by atoms with Crippen molar-refractivity contribution in [2.45, 2.75) is 26.9 Å². The predicted molar refractivity (Wildman–Crippen MR) is 113 cm³/mol. The van der Waals surface area contributed by atoms with Gasteiger partial charge in [0.2, 0.25) is 5.43 Å². The quantitative estimate of drug-likeness (QED) is 0.527. The van der Waals surface area contributed by atoms with E-state index in [0.29, 0.717) is 39.6 Å². The van der Waals surface area contributed by atoms with Gasteiger partial charge < -0.3 is 19.0 Å². The minimum absolute atomic E-state index is 0.112. The average molecular weight is 404 g/mol. The monoisotopic (exact) mass is 404 g/mol. The maximum absolute atomic E-state index is 13.0. The highest BCUT2D eigenvalue weighted by molar-refractivity contribution is 5.93. The number of anilines is 1. The molecule has 0 saturated carbocycles. The Morgan fingerprint density at radius 3 is 2.57 bits per heavy atom. The predicted octanol–water partition coefficient (Wildman–Crippen LogP) is 4.47. The van der Waals surface area contributed by atoms with Crippen molar-refractivity contribution in [1.29, 1.82) is 0 Å². The second kappa shape index (κ2) is 7.87. The molecule has 7 nitrogen and oxygen atoms in total. The number of carbonyl (C=O) groups is 1. The third-order valence-corrected chi connectivity index (χ3v) is 4.66. The molecule has 4 aromatic rings. The van der Waals surface area contributed by atoms with Crippen LogP contribution in [0.2, 0.25) is 0 Å². The van der Waals surface area contributed by atoms with Crippen molar-refractivity contribution in [3.05, 3.63) is 76.3 Å². The Labute approximate surface area is 172 Å². The molecular weight excluding hydrogens is 384 g/mol. The molecule has 0 aliphatic rings. The first-order valence-corrected chi connectivity index (χ1v) is 9.46. The van der Waals surface area contributed by atoms with Gasteiger partial charge in [-0.2, -0.15) is 0 Å². The number of nitrogens with zero attached hydrogens (tertiary/aromatic N) is 1. The first-order chi connectivity index (χ1) is 14.4. The van der Waals surface area contributed by atoms with Gasteiger partial charge in [0.05, 0.1) is 10.9 Å². The number of benzene rings is 2. The van der Waals surface area contributed by atoms with Gasteiger partial charge >= 0.3 is 0 Å². The smallest absolute Gasteiger partial charge is 0.266 e. The van der Waals surface area contributed by atoms with Crippen molar-refractivity contribution in [2.75, 3.05) is 5.32 Å². The topological polar surface area (TPSA) is 94.6 Å². The van der Waals surface area contributed by atoms with Crippen LogP contribution in [0.1, 0.15) is 18.4 Å². The zero-order chi connectivity index (χ0) is 21.3. The van der Waals surface area contributed by atoms with Crippen molar-refractivity contribution < 1.29 is 18.5 Å². The number of aryl methyl sites for hydroxylation is 2. The van der Waals surface area contributed by atoms with Crippen LogP contribution >= 0.6 is 0 Å². The Hall–Kier alpha value is -3.87. The molecule has 1 amide bonds. The highest BCUT2D eigenvalue weighted by Crippen LogP contribution is 2.26. The Morgan fingerprint density at radius 2 is 1.87 bits per heavy atom. The van der Waals surface area contributed by atoms with Gasteiger partial charge in [-0.25, -0.2) is 0 Å². The number of fused-ring (bicyclic) bond motifs is 1. The molecule has 0 unspecified atom stereocenters. The van der Waals surface area contributed by atoms with E-state index in [-0.39, 0.29) is 11.3 Å². The van der Waals surface area contributed by atoms with Crippen LogP contribution in [-0.4, -0.2) is 17.2 Å². The second-order valence-corrected chi connectivity index (χ2v) is 6.96. The highest BCUT2D eigenvalue weighted by Gasteiger charge is 2.18. The standard InChI is InChI=1S/C23H20N2O5/c1-13-11-20(25-30-13)24-23(27)15(3)28-17-9-10-18-19(12-17)29-14(2)21(22(18)26)16-7-5-4-6-8-16/h4-12,15H,1-3H3,(H,24,25,27)/t15-/m1/s1. The molecule has 152 valence electrons. The van der Waals surface area contributed by atoms with Gasteiger partial charge in [0.15, 0.2) is 11.9 Å². The highest BCUT2D eigenvalue weighted by atomic mass is 16.5. The van der Waals surface area contributed by atoms with Crippen molar-refractivity contribution in [2.24, 2.45) is 0 Å². The zero-order valence-electron chi connectivity index (χ0n) is 16.8. The summed E-state index contributed by atoms with van der Waals surface area (Å²) in [5.41, 5.74) is 1.62. The summed E-state index contributed by atoms with van der Waals surface area (Å²) in [5.74, 6) is 1.47. The fourth-order valence-corrected chi connectivity index (χ4v) is 3.21. The van der Waals surface area contributed by atoms with Crippen molar-refractivity contribution in [3.8, 4) is 16.9 Å². The maximum atomic E-state index is 13.0. The molecule has 2 aromatic carbocycles. The molecule has 0 aliphatic heterocycles. The van der Waals surface area contributed by atoms with Gasteiger partial charge in [0.1, 0.15) is 22.9 Å². The number of amides is 1. The van der Waals surface area contributed by atoms with E-state index in [9.17, 15) is 9.59 Å². The molecule has 2 heterocycles. The lowest BCUT2D eigenvalue weighted by atomic mass is 10.0. The third-order valence-electron chi connectivity index (χ3n) is 4.66. The van der Waals surface area contributed by atoms with E-state index in [1.807, 2.05) is 30.3 Å². The molecule has 0 radical (unpaired) electrons. The number of rotatable bonds is 5. The zero-order valence-corrected chi connectivity index (χ0v) is 16.8. The number of nitrogens with one attached hydrogen (secondary N) is 1. The third kappa shape index (κ3) is 3.82.